The van der Waals surface area contributed by atoms with Crippen LogP contribution >= 0.6 is 0 Å². The van der Waals surface area contributed by atoms with Crippen molar-refractivity contribution >= 4 is 5.78 Å². The highest BCUT2D eigenvalue weighted by Crippen LogP contribution is 1.90. The minimum absolute atomic E-state index is 0.123. The lowest BCUT2D eigenvalue weighted by molar-refractivity contribution is -0.114. The average Bonchev–Trinajstić information content (AvgIpc) is 1.63. The van der Waals surface area contributed by atoms with Crippen LogP contribution in [0.25, 0.3) is 0 Å². The summed E-state index contributed by atoms with van der Waals surface area (Å²) in [6, 6.07) is 0. The first-order valence-corrected chi connectivity index (χ1v) is 3.04. The zero-order valence-electron chi connectivity index (χ0n) is 5.98. The van der Waals surface area contributed by atoms with Gasteiger partial charge in [-0.25, -0.2) is 0 Å². The van der Waals surface area contributed by atoms with Gasteiger partial charge in [-0.3, -0.25) is 4.79 Å². The van der Waals surface area contributed by atoms with E-state index >= 15 is 0 Å². The smallest absolute Gasteiger partial charge is 0.156 e. The van der Waals surface area contributed by atoms with Gasteiger partial charge < -0.3 is 5.73 Å². The average molecular weight is 127 g/mol. The van der Waals surface area contributed by atoms with Crippen LogP contribution in [-0.4, -0.2) is 12.3 Å². The summed E-state index contributed by atoms with van der Waals surface area (Å²) in [4.78, 5) is 10.7. The summed E-state index contributed by atoms with van der Waals surface area (Å²) < 4.78 is 0. The molecule has 2 heteroatoms. The number of carbonyl (C=O) groups is 1. The maximum Gasteiger partial charge on any atom is 0.156 e. The largest absolute Gasteiger partial charge is 0.330 e. The molecule has 0 rings (SSSR count). The van der Waals surface area contributed by atoms with Crippen molar-refractivity contribution in [2.45, 2.75) is 20.3 Å². The van der Waals surface area contributed by atoms with Crippen molar-refractivity contribution < 1.29 is 4.79 Å². The Bertz CT molecular complexity index is 123. The van der Waals surface area contributed by atoms with E-state index in [0.29, 0.717) is 13.0 Å². The molecule has 0 aromatic rings. The van der Waals surface area contributed by atoms with E-state index in [9.17, 15) is 4.79 Å². The Kier molecular flexibility index (Phi) is 3.97. The summed E-state index contributed by atoms with van der Waals surface area (Å²) in [7, 11) is 0. The lowest BCUT2D eigenvalue weighted by Crippen LogP contribution is -2.05. The van der Waals surface area contributed by atoms with Gasteiger partial charge in [-0.05, 0) is 26.5 Å². The molecule has 0 amide bonds. The molecule has 2 nitrogen and oxygen atoms in total. The van der Waals surface area contributed by atoms with Crippen molar-refractivity contribution in [1.82, 2.24) is 0 Å². The molecule has 0 spiro atoms. The number of nitrogens with two attached hydrogens (primary N) is 1. The summed E-state index contributed by atoms with van der Waals surface area (Å²) in [5, 5.41) is 0. The van der Waals surface area contributed by atoms with E-state index in [1.165, 1.54) is 0 Å². The molecule has 9 heavy (non-hydrogen) atoms. The van der Waals surface area contributed by atoms with E-state index in [1.54, 1.807) is 6.08 Å². The quantitative estimate of drug-likeness (QED) is 0.572. The molecule has 0 aromatic heterocycles. The fourth-order valence-electron chi connectivity index (χ4n) is 0.536. The van der Waals surface area contributed by atoms with Gasteiger partial charge in [0.25, 0.3) is 0 Å². The van der Waals surface area contributed by atoms with Crippen LogP contribution in [0.4, 0.5) is 0 Å². The molecule has 0 aliphatic rings. The van der Waals surface area contributed by atoms with E-state index in [0.717, 1.165) is 5.57 Å². The maximum absolute atomic E-state index is 10.7. The van der Waals surface area contributed by atoms with E-state index in [-0.39, 0.29) is 5.78 Å². The third-order valence-electron chi connectivity index (χ3n) is 0.840. The highest BCUT2D eigenvalue weighted by Gasteiger charge is 1.92. The summed E-state index contributed by atoms with van der Waals surface area (Å²) in [5.74, 6) is 0.123. The Balaban J connectivity index is 3.63. The molecule has 2 N–H and O–H groups in total. The molecule has 0 saturated carbocycles. The fourth-order valence-corrected chi connectivity index (χ4v) is 0.536. The van der Waals surface area contributed by atoms with Gasteiger partial charge in [0, 0.05) is 6.42 Å². The molecule has 0 bridgehead atoms. The normalized spacial score (nSPS) is 8.78. The van der Waals surface area contributed by atoms with Crippen molar-refractivity contribution in [3.8, 4) is 0 Å². The highest BCUT2D eigenvalue weighted by atomic mass is 16.1. The molecule has 0 unspecified atom stereocenters. The van der Waals surface area contributed by atoms with Gasteiger partial charge >= 0.3 is 0 Å². The minimum Gasteiger partial charge on any atom is -0.330 e. The van der Waals surface area contributed by atoms with Crippen LogP contribution in [0.1, 0.15) is 20.3 Å². The van der Waals surface area contributed by atoms with Crippen LogP contribution in [-0.2, 0) is 4.79 Å². The first-order valence-electron chi connectivity index (χ1n) is 3.04. The van der Waals surface area contributed by atoms with Gasteiger partial charge in [-0.2, -0.15) is 0 Å². The number of ketones is 1. The van der Waals surface area contributed by atoms with E-state index in [1.807, 2.05) is 13.8 Å². The van der Waals surface area contributed by atoms with E-state index in [4.69, 9.17) is 5.73 Å². The molecule has 0 aromatic carbocycles. The predicted molar refractivity (Wildman–Crippen MR) is 38.1 cm³/mol. The summed E-state index contributed by atoms with van der Waals surface area (Å²) in [5.41, 5.74) is 6.19. The molecule has 0 fully saturated rings. The molecule has 0 radical (unpaired) electrons. The standard InChI is InChI=1S/C7H13NO/c1-6(2)5-7(9)3-4-8/h5H,3-4,8H2,1-2H3. The zero-order valence-corrected chi connectivity index (χ0v) is 5.98. The van der Waals surface area contributed by atoms with Crippen LogP contribution < -0.4 is 5.73 Å². The Morgan fingerprint density at radius 1 is 1.56 bits per heavy atom. The van der Waals surface area contributed by atoms with Gasteiger partial charge in [0.2, 0.25) is 0 Å². The Labute approximate surface area is 55.7 Å². The van der Waals surface area contributed by atoms with Gasteiger partial charge in [-0.15, -0.1) is 0 Å². The number of allylic oxidation sites excluding steroid dienone is 2. The van der Waals surface area contributed by atoms with Crippen molar-refractivity contribution in [2.75, 3.05) is 6.54 Å². The lowest BCUT2D eigenvalue weighted by atomic mass is 10.2. The van der Waals surface area contributed by atoms with Gasteiger partial charge in [0.1, 0.15) is 0 Å². The van der Waals surface area contributed by atoms with Crippen LogP contribution in [0.15, 0.2) is 11.6 Å². The Morgan fingerprint density at radius 2 is 2.11 bits per heavy atom. The fraction of sp³-hybridized carbons (Fsp3) is 0.571. The van der Waals surface area contributed by atoms with Crippen LogP contribution in [0.3, 0.4) is 0 Å². The topological polar surface area (TPSA) is 43.1 Å². The summed E-state index contributed by atoms with van der Waals surface area (Å²) in [6.45, 7) is 4.24. The second kappa shape index (κ2) is 4.27. The second-order valence-corrected chi connectivity index (χ2v) is 2.23. The van der Waals surface area contributed by atoms with Crippen molar-refractivity contribution in [1.29, 1.82) is 0 Å². The third kappa shape index (κ3) is 5.24. The van der Waals surface area contributed by atoms with Crippen LogP contribution in [0, 0.1) is 0 Å². The molecular formula is C7H13NO. The molecule has 0 heterocycles. The number of carbonyl (C=O) groups excluding carboxylic acids is 1. The van der Waals surface area contributed by atoms with Crippen molar-refractivity contribution in [2.24, 2.45) is 5.73 Å². The van der Waals surface area contributed by atoms with Crippen molar-refractivity contribution in [3.63, 3.8) is 0 Å². The molecule has 0 aliphatic carbocycles. The van der Waals surface area contributed by atoms with Crippen LogP contribution in [0.5, 0.6) is 0 Å². The predicted octanol–water partition coefficient (Wildman–Crippen LogP) is 0.871. The van der Waals surface area contributed by atoms with Crippen LogP contribution in [0.2, 0.25) is 0 Å². The summed E-state index contributed by atoms with van der Waals surface area (Å²) in [6.07, 6.45) is 2.08. The Hall–Kier alpha value is -0.630. The second-order valence-electron chi connectivity index (χ2n) is 2.23. The number of hydrogen-bond acceptors (Lipinski definition) is 2. The SMILES string of the molecule is CC(C)=CC(=O)CCN. The molecule has 52 valence electrons. The van der Waals surface area contributed by atoms with Gasteiger partial charge in [-0.1, -0.05) is 5.57 Å². The van der Waals surface area contributed by atoms with Gasteiger partial charge in [0.05, 0.1) is 0 Å². The monoisotopic (exact) mass is 127 g/mol. The third-order valence-corrected chi connectivity index (χ3v) is 0.840. The zero-order chi connectivity index (χ0) is 7.28. The van der Waals surface area contributed by atoms with E-state index < -0.39 is 0 Å². The molecule has 0 aliphatic heterocycles. The summed E-state index contributed by atoms with van der Waals surface area (Å²) >= 11 is 0. The first-order chi connectivity index (χ1) is 4.16. The molecular weight excluding hydrogens is 114 g/mol. The van der Waals surface area contributed by atoms with Crippen molar-refractivity contribution in [3.05, 3.63) is 11.6 Å². The van der Waals surface area contributed by atoms with E-state index in [2.05, 4.69) is 0 Å². The lowest BCUT2D eigenvalue weighted by Gasteiger charge is -1.89. The molecule has 0 atom stereocenters. The van der Waals surface area contributed by atoms with Gasteiger partial charge in [0.15, 0.2) is 5.78 Å². The number of rotatable bonds is 3. The number of hydrogen-bond donors (Lipinski definition) is 1. The first kappa shape index (κ1) is 8.37. The minimum atomic E-state index is 0.123. The maximum atomic E-state index is 10.7. The molecule has 0 saturated heterocycles. The Morgan fingerprint density at radius 3 is 2.44 bits per heavy atom. The highest BCUT2D eigenvalue weighted by molar-refractivity contribution is 5.90.